The van der Waals surface area contributed by atoms with Crippen molar-refractivity contribution in [3.8, 4) is 11.4 Å². The lowest BCUT2D eigenvalue weighted by atomic mass is 10.0. The molecule has 0 spiro atoms. The Balaban J connectivity index is 1.53. The van der Waals surface area contributed by atoms with Gasteiger partial charge in [-0.3, -0.25) is 0 Å². The van der Waals surface area contributed by atoms with Crippen LogP contribution in [0.25, 0.3) is 17.8 Å². The first-order chi connectivity index (χ1) is 14.1. The van der Waals surface area contributed by atoms with Crippen LogP contribution in [0.4, 0.5) is 0 Å². The van der Waals surface area contributed by atoms with Gasteiger partial charge in [0.2, 0.25) is 0 Å². The second-order valence-electron chi connectivity index (χ2n) is 6.91. The molecular formula is C23H23N5O. The molecule has 0 bridgehead atoms. The number of hydrogen-bond acceptors (Lipinski definition) is 4. The van der Waals surface area contributed by atoms with Gasteiger partial charge in [-0.25, -0.2) is 4.98 Å². The maximum Gasteiger partial charge on any atom is 0.154 e. The number of imidazole rings is 1. The fraction of sp³-hybridized carbons (Fsp3) is 0.174. The third-order valence-corrected chi connectivity index (χ3v) is 4.86. The number of hydrogen-bond donors (Lipinski definition) is 1. The lowest BCUT2D eigenvalue weighted by Gasteiger charge is -2.09. The molecule has 146 valence electrons. The number of H-pyrrole nitrogens is 1. The summed E-state index contributed by atoms with van der Waals surface area (Å²) in [5.74, 6) is 2.50. The summed E-state index contributed by atoms with van der Waals surface area (Å²) in [5, 5.41) is 8.56. The van der Waals surface area contributed by atoms with Gasteiger partial charge in [-0.1, -0.05) is 49.4 Å². The van der Waals surface area contributed by atoms with Crippen molar-refractivity contribution in [2.75, 3.05) is 7.11 Å². The molecule has 0 aliphatic carbocycles. The van der Waals surface area contributed by atoms with E-state index in [9.17, 15) is 0 Å². The molecule has 0 aliphatic heterocycles. The smallest absolute Gasteiger partial charge is 0.154 e. The van der Waals surface area contributed by atoms with Crippen molar-refractivity contribution in [1.82, 2.24) is 24.7 Å². The van der Waals surface area contributed by atoms with E-state index in [1.807, 2.05) is 66.2 Å². The molecule has 2 aromatic carbocycles. The van der Waals surface area contributed by atoms with Gasteiger partial charge in [0.15, 0.2) is 5.82 Å². The minimum atomic E-state index is 0.156. The van der Waals surface area contributed by atoms with E-state index in [4.69, 9.17) is 4.74 Å². The first-order valence-corrected chi connectivity index (χ1v) is 9.48. The van der Waals surface area contributed by atoms with Crippen LogP contribution in [0, 0.1) is 6.92 Å². The molecule has 0 fully saturated rings. The van der Waals surface area contributed by atoms with E-state index in [-0.39, 0.29) is 5.92 Å². The van der Waals surface area contributed by atoms with Gasteiger partial charge in [0, 0.05) is 12.1 Å². The maximum absolute atomic E-state index is 5.57. The van der Waals surface area contributed by atoms with Gasteiger partial charge in [-0.2, -0.15) is 0 Å². The number of nitrogens with zero attached hydrogens (tertiary/aromatic N) is 4. The number of ether oxygens (including phenoxy) is 1. The predicted molar refractivity (Wildman–Crippen MR) is 114 cm³/mol. The maximum atomic E-state index is 5.57. The molecule has 4 aromatic rings. The Morgan fingerprint density at radius 1 is 1.07 bits per heavy atom. The largest absolute Gasteiger partial charge is 0.495 e. The summed E-state index contributed by atoms with van der Waals surface area (Å²) in [6.45, 7) is 4.08. The van der Waals surface area contributed by atoms with Crippen molar-refractivity contribution in [3.05, 3.63) is 89.5 Å². The highest BCUT2D eigenvalue weighted by atomic mass is 16.5. The summed E-state index contributed by atoms with van der Waals surface area (Å²) in [5.41, 5.74) is 4.12. The zero-order valence-corrected chi connectivity index (χ0v) is 16.7. The SMILES string of the molecule is COc1cc(/C=C/c2nnc([C@H](C)c3ccccc3)[nH]2)ccc1-n1cnc(C)c1. The van der Waals surface area contributed by atoms with Crippen molar-refractivity contribution >= 4 is 12.2 Å². The molecule has 0 saturated carbocycles. The van der Waals surface area contributed by atoms with Crippen LogP contribution >= 0.6 is 0 Å². The van der Waals surface area contributed by atoms with Crippen molar-refractivity contribution in [3.63, 3.8) is 0 Å². The molecule has 6 nitrogen and oxygen atoms in total. The van der Waals surface area contributed by atoms with Gasteiger partial charge in [-0.15, -0.1) is 10.2 Å². The van der Waals surface area contributed by atoms with Crippen LogP contribution in [0.3, 0.4) is 0 Å². The zero-order valence-electron chi connectivity index (χ0n) is 16.7. The first-order valence-electron chi connectivity index (χ1n) is 9.48. The van der Waals surface area contributed by atoms with E-state index in [0.29, 0.717) is 0 Å². The molecule has 4 rings (SSSR count). The third-order valence-electron chi connectivity index (χ3n) is 4.86. The Morgan fingerprint density at radius 3 is 2.62 bits per heavy atom. The minimum absolute atomic E-state index is 0.156. The fourth-order valence-electron chi connectivity index (χ4n) is 3.20. The lowest BCUT2D eigenvalue weighted by Crippen LogP contribution is -1.98. The van der Waals surface area contributed by atoms with Gasteiger partial charge in [0.25, 0.3) is 0 Å². The number of aryl methyl sites for hydroxylation is 1. The standard InChI is InChI=1S/C23H23N5O/c1-16-14-28(15-24-16)20-11-9-18(13-21(20)29-3)10-12-22-25-23(27-26-22)17(2)19-7-5-4-6-8-19/h4-15,17H,1-3H3,(H,25,26,27)/b12-10+/t17-/m1/s1. The summed E-state index contributed by atoms with van der Waals surface area (Å²) >= 11 is 0. The van der Waals surface area contributed by atoms with E-state index >= 15 is 0 Å². The second kappa shape index (κ2) is 8.14. The molecule has 1 atom stereocenters. The van der Waals surface area contributed by atoms with Gasteiger partial charge in [0.1, 0.15) is 11.6 Å². The number of nitrogens with one attached hydrogen (secondary N) is 1. The third kappa shape index (κ3) is 4.11. The van der Waals surface area contributed by atoms with Crippen LogP contribution in [-0.4, -0.2) is 31.8 Å². The molecule has 0 aliphatic rings. The van der Waals surface area contributed by atoms with Crippen molar-refractivity contribution in [2.45, 2.75) is 19.8 Å². The van der Waals surface area contributed by atoms with Crippen LogP contribution < -0.4 is 4.74 Å². The van der Waals surface area contributed by atoms with Crippen LogP contribution in [0.1, 0.15) is 41.3 Å². The van der Waals surface area contributed by atoms with E-state index in [0.717, 1.165) is 34.3 Å². The Bertz CT molecular complexity index is 1130. The van der Waals surface area contributed by atoms with Crippen molar-refractivity contribution in [2.24, 2.45) is 0 Å². The van der Waals surface area contributed by atoms with Crippen LogP contribution in [-0.2, 0) is 0 Å². The topological polar surface area (TPSA) is 68.6 Å². The van der Waals surface area contributed by atoms with Gasteiger partial charge in [-0.05, 0) is 36.3 Å². The van der Waals surface area contributed by atoms with Crippen LogP contribution in [0.2, 0.25) is 0 Å². The number of aromatic nitrogens is 5. The summed E-state index contributed by atoms with van der Waals surface area (Å²) in [4.78, 5) is 7.58. The van der Waals surface area contributed by atoms with Crippen LogP contribution in [0.5, 0.6) is 5.75 Å². The van der Waals surface area contributed by atoms with E-state index in [1.54, 1.807) is 13.4 Å². The Labute approximate surface area is 169 Å². The highest BCUT2D eigenvalue weighted by Gasteiger charge is 2.12. The molecule has 2 aromatic heterocycles. The number of aromatic amines is 1. The molecule has 0 saturated heterocycles. The monoisotopic (exact) mass is 385 g/mol. The molecule has 0 radical (unpaired) electrons. The molecule has 1 N–H and O–H groups in total. The number of benzene rings is 2. The lowest BCUT2D eigenvalue weighted by molar-refractivity contribution is 0.413. The van der Waals surface area contributed by atoms with Gasteiger partial charge in [0.05, 0.1) is 24.8 Å². The zero-order chi connectivity index (χ0) is 20.2. The normalized spacial score (nSPS) is 12.4. The molecule has 2 heterocycles. The van der Waals surface area contributed by atoms with Crippen LogP contribution in [0.15, 0.2) is 61.1 Å². The summed E-state index contributed by atoms with van der Waals surface area (Å²) in [6, 6.07) is 16.3. The van der Waals surface area contributed by atoms with Crippen molar-refractivity contribution in [1.29, 1.82) is 0 Å². The highest BCUT2D eigenvalue weighted by molar-refractivity contribution is 5.69. The number of methoxy groups -OCH3 is 1. The van der Waals surface area contributed by atoms with Gasteiger partial charge >= 0.3 is 0 Å². The quantitative estimate of drug-likeness (QED) is 0.525. The van der Waals surface area contributed by atoms with Gasteiger partial charge < -0.3 is 14.3 Å². The molecule has 6 heteroatoms. The minimum Gasteiger partial charge on any atom is -0.495 e. The Kier molecular flexibility index (Phi) is 5.24. The van der Waals surface area contributed by atoms with Crippen molar-refractivity contribution < 1.29 is 4.74 Å². The Hall–Kier alpha value is -3.67. The van der Waals surface area contributed by atoms with E-state index in [1.165, 1.54) is 5.56 Å². The summed E-state index contributed by atoms with van der Waals surface area (Å²) < 4.78 is 7.52. The molecule has 29 heavy (non-hydrogen) atoms. The average molecular weight is 385 g/mol. The molecule has 0 unspecified atom stereocenters. The second-order valence-corrected chi connectivity index (χ2v) is 6.91. The predicted octanol–water partition coefficient (Wildman–Crippen LogP) is 4.63. The Morgan fingerprint density at radius 2 is 1.90 bits per heavy atom. The summed E-state index contributed by atoms with van der Waals surface area (Å²) in [7, 11) is 1.67. The molecule has 0 amide bonds. The average Bonchev–Trinajstić information content (AvgIpc) is 3.41. The van der Waals surface area contributed by atoms with E-state index < -0.39 is 0 Å². The fourth-order valence-corrected chi connectivity index (χ4v) is 3.20. The number of rotatable bonds is 6. The summed E-state index contributed by atoms with van der Waals surface area (Å²) in [6.07, 6.45) is 7.66. The first kappa shape index (κ1) is 18.7. The highest BCUT2D eigenvalue weighted by Crippen LogP contribution is 2.25. The molecular weight excluding hydrogens is 362 g/mol. The van der Waals surface area contributed by atoms with E-state index in [2.05, 4.69) is 39.2 Å².